The van der Waals surface area contributed by atoms with Crippen molar-refractivity contribution in [2.75, 3.05) is 12.4 Å². The molecule has 17 heavy (non-hydrogen) atoms. The first-order valence-electron chi connectivity index (χ1n) is 5.49. The third-order valence-corrected chi connectivity index (χ3v) is 2.79. The lowest BCUT2D eigenvalue weighted by Crippen LogP contribution is -1.86. The van der Waals surface area contributed by atoms with Gasteiger partial charge in [0.2, 0.25) is 0 Å². The van der Waals surface area contributed by atoms with Crippen molar-refractivity contribution in [2.24, 2.45) is 0 Å². The third kappa shape index (κ3) is 3.36. The van der Waals surface area contributed by atoms with Crippen molar-refractivity contribution in [3.05, 3.63) is 64.7 Å². The van der Waals surface area contributed by atoms with Crippen molar-refractivity contribution in [2.45, 2.75) is 0 Å². The fourth-order valence-electron chi connectivity index (χ4n) is 1.53. The van der Waals surface area contributed by atoms with Gasteiger partial charge in [-0.25, -0.2) is 0 Å². The third-order valence-electron chi connectivity index (χ3n) is 2.54. The van der Waals surface area contributed by atoms with Crippen LogP contribution < -0.4 is 5.32 Å². The summed E-state index contributed by atoms with van der Waals surface area (Å²) in [6.07, 6.45) is 4.16. The molecule has 0 heterocycles. The Bertz CT molecular complexity index is 497. The van der Waals surface area contributed by atoms with Crippen molar-refractivity contribution >= 4 is 29.4 Å². The largest absolute Gasteiger partial charge is 0.388 e. The average Bonchev–Trinajstić information content (AvgIpc) is 2.39. The molecule has 0 saturated heterocycles. The molecule has 2 aromatic carbocycles. The van der Waals surface area contributed by atoms with E-state index in [1.54, 1.807) is 0 Å². The lowest BCUT2D eigenvalue weighted by Gasteiger charge is -1.99. The van der Waals surface area contributed by atoms with Gasteiger partial charge in [-0.15, -0.1) is 0 Å². The van der Waals surface area contributed by atoms with Gasteiger partial charge < -0.3 is 5.32 Å². The zero-order valence-electron chi connectivity index (χ0n) is 9.65. The molecule has 0 aliphatic heterocycles. The second-order valence-corrected chi connectivity index (χ2v) is 4.19. The monoisotopic (exact) mass is 243 g/mol. The first kappa shape index (κ1) is 11.7. The number of benzene rings is 2. The van der Waals surface area contributed by atoms with Crippen molar-refractivity contribution in [1.82, 2.24) is 0 Å². The fourth-order valence-corrected chi connectivity index (χ4v) is 1.65. The second kappa shape index (κ2) is 5.55. The standard InChI is InChI=1S/C15H14ClN/c1-17-15-10-6-13(7-11-15)3-2-12-4-8-14(16)9-5-12/h2-11,17H,1H3. The van der Waals surface area contributed by atoms with Crippen molar-refractivity contribution in [1.29, 1.82) is 0 Å². The van der Waals surface area contributed by atoms with Gasteiger partial charge in [0, 0.05) is 17.8 Å². The Morgan fingerprint density at radius 1 is 0.824 bits per heavy atom. The smallest absolute Gasteiger partial charge is 0.0406 e. The predicted octanol–water partition coefficient (Wildman–Crippen LogP) is 4.55. The van der Waals surface area contributed by atoms with Gasteiger partial charge in [-0.3, -0.25) is 0 Å². The summed E-state index contributed by atoms with van der Waals surface area (Å²) < 4.78 is 0. The summed E-state index contributed by atoms with van der Waals surface area (Å²) in [5.41, 5.74) is 3.44. The Hall–Kier alpha value is -1.73. The molecular formula is C15H14ClN. The molecule has 0 atom stereocenters. The SMILES string of the molecule is CNc1ccc(C=Cc2ccc(Cl)cc2)cc1. The van der Waals surface area contributed by atoms with Gasteiger partial charge in [-0.05, 0) is 35.4 Å². The van der Waals surface area contributed by atoms with Gasteiger partial charge in [0.15, 0.2) is 0 Å². The molecule has 0 radical (unpaired) electrons. The summed E-state index contributed by atoms with van der Waals surface area (Å²) in [4.78, 5) is 0. The van der Waals surface area contributed by atoms with Crippen molar-refractivity contribution < 1.29 is 0 Å². The Morgan fingerprint density at radius 2 is 1.29 bits per heavy atom. The number of nitrogens with one attached hydrogen (secondary N) is 1. The maximum Gasteiger partial charge on any atom is 0.0406 e. The maximum absolute atomic E-state index is 5.83. The van der Waals surface area contributed by atoms with Gasteiger partial charge in [-0.1, -0.05) is 48.0 Å². The van der Waals surface area contributed by atoms with Crippen LogP contribution in [0.5, 0.6) is 0 Å². The number of hydrogen-bond donors (Lipinski definition) is 1. The van der Waals surface area contributed by atoms with Crippen LogP contribution in [-0.2, 0) is 0 Å². The molecule has 2 heteroatoms. The normalized spacial score (nSPS) is 10.7. The minimum Gasteiger partial charge on any atom is -0.388 e. The summed E-state index contributed by atoms with van der Waals surface area (Å²) in [5.74, 6) is 0. The van der Waals surface area contributed by atoms with E-state index < -0.39 is 0 Å². The Balaban J connectivity index is 2.11. The molecule has 0 aliphatic rings. The highest BCUT2D eigenvalue weighted by Gasteiger charge is 1.90. The van der Waals surface area contributed by atoms with Crippen LogP contribution in [0.4, 0.5) is 5.69 Å². The van der Waals surface area contributed by atoms with Crippen LogP contribution in [0, 0.1) is 0 Å². The molecule has 2 aromatic rings. The molecule has 0 spiro atoms. The van der Waals surface area contributed by atoms with Crippen molar-refractivity contribution in [3.8, 4) is 0 Å². The van der Waals surface area contributed by atoms with E-state index in [4.69, 9.17) is 11.6 Å². The molecule has 0 saturated carbocycles. The Labute approximate surface area is 107 Å². The van der Waals surface area contributed by atoms with E-state index in [1.807, 2.05) is 31.3 Å². The molecule has 0 unspecified atom stereocenters. The Kier molecular flexibility index (Phi) is 3.84. The van der Waals surface area contributed by atoms with Crippen LogP contribution in [0.3, 0.4) is 0 Å². The quantitative estimate of drug-likeness (QED) is 0.780. The van der Waals surface area contributed by atoms with Crippen LogP contribution in [-0.4, -0.2) is 7.05 Å². The van der Waals surface area contributed by atoms with Crippen LogP contribution in [0.15, 0.2) is 48.5 Å². The van der Waals surface area contributed by atoms with E-state index in [-0.39, 0.29) is 0 Å². The second-order valence-electron chi connectivity index (χ2n) is 3.76. The van der Waals surface area contributed by atoms with Gasteiger partial charge in [0.1, 0.15) is 0 Å². The fraction of sp³-hybridized carbons (Fsp3) is 0.0667. The predicted molar refractivity (Wildman–Crippen MR) is 76.4 cm³/mol. The van der Waals surface area contributed by atoms with Gasteiger partial charge in [0.05, 0.1) is 0 Å². The van der Waals surface area contributed by atoms with E-state index in [9.17, 15) is 0 Å². The molecule has 1 N–H and O–H groups in total. The van der Waals surface area contributed by atoms with Crippen LogP contribution in [0.1, 0.15) is 11.1 Å². The summed E-state index contributed by atoms with van der Waals surface area (Å²) in [6.45, 7) is 0. The first-order chi connectivity index (χ1) is 8.28. The minimum atomic E-state index is 0.764. The lowest BCUT2D eigenvalue weighted by atomic mass is 10.1. The Morgan fingerprint density at radius 3 is 1.76 bits per heavy atom. The molecule has 1 nitrogen and oxygen atoms in total. The van der Waals surface area contributed by atoms with E-state index >= 15 is 0 Å². The van der Waals surface area contributed by atoms with Gasteiger partial charge in [-0.2, -0.15) is 0 Å². The highest BCUT2D eigenvalue weighted by Crippen LogP contribution is 2.14. The topological polar surface area (TPSA) is 12.0 Å². The molecule has 0 amide bonds. The average molecular weight is 244 g/mol. The van der Waals surface area contributed by atoms with Gasteiger partial charge >= 0.3 is 0 Å². The first-order valence-corrected chi connectivity index (χ1v) is 5.87. The van der Waals surface area contributed by atoms with E-state index in [0.29, 0.717) is 0 Å². The summed E-state index contributed by atoms with van der Waals surface area (Å²) in [5, 5.41) is 3.86. The van der Waals surface area contributed by atoms with Crippen molar-refractivity contribution in [3.63, 3.8) is 0 Å². The molecule has 0 aromatic heterocycles. The minimum absolute atomic E-state index is 0.764. The number of hydrogen-bond acceptors (Lipinski definition) is 1. The van der Waals surface area contributed by atoms with E-state index in [0.717, 1.165) is 16.3 Å². The lowest BCUT2D eigenvalue weighted by molar-refractivity contribution is 1.51. The number of halogens is 1. The summed E-state index contributed by atoms with van der Waals surface area (Å²) in [7, 11) is 1.92. The van der Waals surface area contributed by atoms with Crippen LogP contribution >= 0.6 is 11.6 Å². The zero-order valence-corrected chi connectivity index (χ0v) is 10.4. The molecule has 0 bridgehead atoms. The number of anilines is 1. The van der Waals surface area contributed by atoms with Crippen LogP contribution in [0.25, 0.3) is 12.2 Å². The molecular weight excluding hydrogens is 230 g/mol. The van der Waals surface area contributed by atoms with Crippen LogP contribution in [0.2, 0.25) is 5.02 Å². The molecule has 0 fully saturated rings. The van der Waals surface area contributed by atoms with Gasteiger partial charge in [0.25, 0.3) is 0 Å². The maximum atomic E-state index is 5.83. The zero-order chi connectivity index (χ0) is 12.1. The highest BCUT2D eigenvalue weighted by atomic mass is 35.5. The molecule has 2 rings (SSSR count). The summed E-state index contributed by atoms with van der Waals surface area (Å²) >= 11 is 5.83. The number of rotatable bonds is 3. The summed E-state index contributed by atoms with van der Waals surface area (Å²) in [6, 6.07) is 16.1. The molecule has 86 valence electrons. The van der Waals surface area contributed by atoms with E-state index in [2.05, 4.69) is 41.7 Å². The van der Waals surface area contributed by atoms with E-state index in [1.165, 1.54) is 5.56 Å². The highest BCUT2D eigenvalue weighted by molar-refractivity contribution is 6.30. The molecule has 0 aliphatic carbocycles.